The molecule has 0 saturated carbocycles. The lowest BCUT2D eigenvalue weighted by molar-refractivity contribution is -0.0717. The van der Waals surface area contributed by atoms with E-state index in [2.05, 4.69) is 4.99 Å². The Morgan fingerprint density at radius 1 is 1.18 bits per heavy atom. The van der Waals surface area contributed by atoms with Crippen LogP contribution in [0.3, 0.4) is 0 Å². The summed E-state index contributed by atoms with van der Waals surface area (Å²) in [6, 6.07) is 6.13. The minimum atomic E-state index is -4.67. The Labute approximate surface area is 125 Å². The second-order valence-electron chi connectivity index (χ2n) is 4.81. The lowest BCUT2D eigenvalue weighted by Crippen LogP contribution is -2.53. The van der Waals surface area contributed by atoms with Gasteiger partial charge in [0.25, 0.3) is 11.8 Å². The number of carbonyl (C=O) groups excluding carboxylic acids is 2. The molecule has 1 unspecified atom stereocenters. The van der Waals surface area contributed by atoms with Gasteiger partial charge in [0, 0.05) is 14.1 Å². The van der Waals surface area contributed by atoms with Gasteiger partial charge in [0.1, 0.15) is 6.17 Å². The fourth-order valence-corrected chi connectivity index (χ4v) is 2.38. The van der Waals surface area contributed by atoms with Gasteiger partial charge >= 0.3 is 6.18 Å². The van der Waals surface area contributed by atoms with Crippen molar-refractivity contribution in [2.45, 2.75) is 19.3 Å². The van der Waals surface area contributed by atoms with Crippen LogP contribution >= 0.6 is 0 Å². The van der Waals surface area contributed by atoms with Gasteiger partial charge in [-0.2, -0.15) is 13.2 Å². The molecule has 0 aliphatic carbocycles. The largest absolute Gasteiger partial charge is 0.449 e. The molecule has 0 bridgehead atoms. The maximum Gasteiger partial charge on any atom is 0.449 e. The summed E-state index contributed by atoms with van der Waals surface area (Å²) in [5.74, 6) is -2.38. The molecular weight excluding hydrogens is 299 g/mol. The Morgan fingerprint density at radius 3 is 2.00 bits per heavy atom. The van der Waals surface area contributed by atoms with Gasteiger partial charge in [0.05, 0.1) is 11.1 Å². The van der Waals surface area contributed by atoms with Crippen LogP contribution in [0.2, 0.25) is 0 Å². The molecule has 0 fully saturated rings. The first-order chi connectivity index (χ1) is 10.2. The minimum Gasteiger partial charge on any atom is -0.335 e. The lowest BCUT2D eigenvalue weighted by atomic mass is 10.1. The summed E-state index contributed by atoms with van der Waals surface area (Å²) in [4.78, 5) is 29.3. The van der Waals surface area contributed by atoms with E-state index in [1.807, 2.05) is 0 Å². The minimum absolute atomic E-state index is 0.190. The molecule has 1 aromatic rings. The van der Waals surface area contributed by atoms with Crippen molar-refractivity contribution in [1.82, 2.24) is 9.80 Å². The predicted octanol–water partition coefficient (Wildman–Crippen LogP) is 2.15. The topological polar surface area (TPSA) is 53.0 Å². The predicted molar refractivity (Wildman–Crippen MR) is 73.6 cm³/mol. The zero-order valence-corrected chi connectivity index (χ0v) is 12.2. The van der Waals surface area contributed by atoms with Crippen LogP contribution < -0.4 is 0 Å². The van der Waals surface area contributed by atoms with Crippen molar-refractivity contribution in [2.75, 3.05) is 14.1 Å². The van der Waals surface area contributed by atoms with E-state index in [-0.39, 0.29) is 11.1 Å². The summed E-state index contributed by atoms with van der Waals surface area (Å²) in [7, 11) is 2.15. The molecule has 1 heterocycles. The van der Waals surface area contributed by atoms with Gasteiger partial charge in [-0.15, -0.1) is 0 Å². The van der Waals surface area contributed by atoms with E-state index in [4.69, 9.17) is 0 Å². The maximum atomic E-state index is 12.9. The number of carbonyl (C=O) groups is 2. The number of hydrogen-bond donors (Lipinski definition) is 0. The molecule has 1 atom stereocenters. The molecule has 5 nitrogen and oxygen atoms in total. The van der Waals surface area contributed by atoms with Gasteiger partial charge in [-0.05, 0) is 19.1 Å². The number of hydrogen-bond acceptors (Lipinski definition) is 3. The van der Waals surface area contributed by atoms with E-state index >= 15 is 0 Å². The van der Waals surface area contributed by atoms with E-state index in [9.17, 15) is 22.8 Å². The highest BCUT2D eigenvalue weighted by molar-refractivity contribution is 6.21. The molecular formula is C14H14F3N3O2. The number of benzene rings is 1. The number of alkyl halides is 3. The van der Waals surface area contributed by atoms with Crippen molar-refractivity contribution in [1.29, 1.82) is 0 Å². The summed E-state index contributed by atoms with van der Waals surface area (Å²) in [5.41, 5.74) is 0.379. The molecule has 0 saturated heterocycles. The van der Waals surface area contributed by atoms with Gasteiger partial charge in [0.2, 0.25) is 5.84 Å². The number of imide groups is 1. The second-order valence-corrected chi connectivity index (χ2v) is 4.81. The lowest BCUT2D eigenvalue weighted by Gasteiger charge is -2.33. The highest BCUT2D eigenvalue weighted by Gasteiger charge is 2.45. The highest BCUT2D eigenvalue weighted by Crippen LogP contribution is 2.27. The second kappa shape index (κ2) is 5.43. The molecule has 2 rings (SSSR count). The molecule has 1 aromatic carbocycles. The summed E-state index contributed by atoms with van der Waals surface area (Å²) < 4.78 is 38.7. The van der Waals surface area contributed by atoms with Crippen molar-refractivity contribution in [3.63, 3.8) is 0 Å². The van der Waals surface area contributed by atoms with Crippen LogP contribution in [0.25, 0.3) is 0 Å². The monoisotopic (exact) mass is 313 g/mol. The molecule has 8 heteroatoms. The van der Waals surface area contributed by atoms with Crippen LogP contribution in [0.1, 0.15) is 27.6 Å². The number of nitrogens with zero attached hydrogens (tertiary/aromatic N) is 3. The fourth-order valence-electron chi connectivity index (χ4n) is 2.38. The first kappa shape index (κ1) is 16.0. The zero-order valence-electron chi connectivity index (χ0n) is 12.2. The van der Waals surface area contributed by atoms with Crippen LogP contribution in [0.4, 0.5) is 13.2 Å². The SMILES string of the molecule is CN=C(N(C)C(C)N1C(=O)c2ccccc2C1=O)C(F)(F)F. The van der Waals surface area contributed by atoms with Crippen LogP contribution in [-0.2, 0) is 0 Å². The molecule has 2 amide bonds. The van der Waals surface area contributed by atoms with E-state index in [1.54, 1.807) is 12.1 Å². The van der Waals surface area contributed by atoms with E-state index < -0.39 is 30.0 Å². The van der Waals surface area contributed by atoms with Gasteiger partial charge in [-0.25, -0.2) is 0 Å². The number of aliphatic imine (C=N–C) groups is 1. The van der Waals surface area contributed by atoms with Gasteiger partial charge < -0.3 is 4.90 Å². The van der Waals surface area contributed by atoms with E-state index in [1.165, 1.54) is 19.1 Å². The third-order valence-corrected chi connectivity index (χ3v) is 3.56. The number of halogens is 3. The average molecular weight is 313 g/mol. The van der Waals surface area contributed by atoms with Gasteiger partial charge in [-0.1, -0.05) is 12.1 Å². The number of fused-ring (bicyclic) bond motifs is 1. The molecule has 0 N–H and O–H groups in total. The number of amides is 2. The number of rotatable bonds is 2. The van der Waals surface area contributed by atoms with E-state index in [0.29, 0.717) is 0 Å². The average Bonchev–Trinajstić information content (AvgIpc) is 2.70. The van der Waals surface area contributed by atoms with Crippen LogP contribution in [0.15, 0.2) is 29.3 Å². The summed E-state index contributed by atoms with van der Waals surface area (Å²) >= 11 is 0. The fraction of sp³-hybridized carbons (Fsp3) is 0.357. The smallest absolute Gasteiger partial charge is 0.335 e. The van der Waals surface area contributed by atoms with Crippen LogP contribution in [-0.4, -0.2) is 53.9 Å². The Kier molecular flexibility index (Phi) is 3.95. The Balaban J connectivity index is 2.34. The molecule has 1 aliphatic rings. The van der Waals surface area contributed by atoms with Crippen molar-refractivity contribution in [2.24, 2.45) is 4.99 Å². The van der Waals surface area contributed by atoms with Crippen molar-refractivity contribution in [3.8, 4) is 0 Å². The summed E-state index contributed by atoms with van der Waals surface area (Å²) in [6.07, 6.45) is -5.79. The van der Waals surface area contributed by atoms with Crippen molar-refractivity contribution in [3.05, 3.63) is 35.4 Å². The first-order valence-electron chi connectivity index (χ1n) is 6.44. The van der Waals surface area contributed by atoms with Gasteiger partial charge in [0.15, 0.2) is 0 Å². The quantitative estimate of drug-likeness (QED) is 0.477. The summed E-state index contributed by atoms with van der Waals surface area (Å²) in [6.45, 7) is 1.35. The van der Waals surface area contributed by atoms with Crippen molar-refractivity contribution >= 4 is 17.6 Å². The maximum absolute atomic E-state index is 12.9. The zero-order chi connectivity index (χ0) is 16.7. The molecule has 0 radical (unpaired) electrons. The molecule has 0 spiro atoms. The van der Waals surface area contributed by atoms with Crippen molar-refractivity contribution < 1.29 is 22.8 Å². The highest BCUT2D eigenvalue weighted by atomic mass is 19.4. The molecule has 1 aliphatic heterocycles. The van der Waals surface area contributed by atoms with E-state index in [0.717, 1.165) is 23.9 Å². The Morgan fingerprint density at radius 2 is 1.64 bits per heavy atom. The molecule has 0 aromatic heterocycles. The van der Waals surface area contributed by atoms with Crippen LogP contribution in [0.5, 0.6) is 0 Å². The summed E-state index contributed by atoms with van der Waals surface area (Å²) in [5, 5.41) is 0. The first-order valence-corrected chi connectivity index (χ1v) is 6.44. The van der Waals surface area contributed by atoms with Crippen LogP contribution in [0, 0.1) is 0 Å². The standard InChI is InChI=1S/C14H14F3N3O2/c1-8(19(3)13(18-2)14(15,16)17)20-11(21)9-6-4-5-7-10(9)12(20)22/h4-8H,1-3H3. The molecule has 118 valence electrons. The normalized spacial score (nSPS) is 16.8. The Bertz CT molecular complexity index is 620. The molecule has 22 heavy (non-hydrogen) atoms. The third kappa shape index (κ3) is 2.44. The third-order valence-electron chi connectivity index (χ3n) is 3.56. The van der Waals surface area contributed by atoms with Gasteiger partial charge in [-0.3, -0.25) is 19.5 Å². The Hall–Kier alpha value is -2.38. The number of amidine groups is 1.